The molecule has 0 N–H and O–H groups in total. The molecular formula is C21H23Cl2N3O2. The third kappa shape index (κ3) is 3.97. The molecule has 0 saturated carbocycles. The summed E-state index contributed by atoms with van der Waals surface area (Å²) in [7, 11) is 0. The van der Waals surface area contributed by atoms with E-state index in [0.29, 0.717) is 16.0 Å². The van der Waals surface area contributed by atoms with E-state index in [4.69, 9.17) is 27.9 Å². The Morgan fingerprint density at radius 1 is 1.21 bits per heavy atom. The Labute approximate surface area is 175 Å². The van der Waals surface area contributed by atoms with Gasteiger partial charge in [0.25, 0.3) is 0 Å². The Hall–Kier alpha value is -1.82. The zero-order valence-corrected chi connectivity index (χ0v) is 17.5. The molecule has 148 valence electrons. The molecule has 0 radical (unpaired) electrons. The van der Waals surface area contributed by atoms with Crippen LogP contribution >= 0.6 is 23.2 Å². The highest BCUT2D eigenvalue weighted by molar-refractivity contribution is 6.39. The van der Waals surface area contributed by atoms with Crippen molar-refractivity contribution in [2.24, 2.45) is 0 Å². The lowest BCUT2D eigenvalue weighted by Crippen LogP contribution is -2.61. The van der Waals surface area contributed by atoms with E-state index in [0.717, 1.165) is 44.1 Å². The molecule has 0 atom stereocenters. The molecule has 2 saturated heterocycles. The molecule has 1 aromatic carbocycles. The lowest BCUT2D eigenvalue weighted by molar-refractivity contribution is -0.174. The van der Waals surface area contributed by atoms with Crippen molar-refractivity contribution >= 4 is 34.9 Å². The first-order valence-electron chi connectivity index (χ1n) is 9.39. The van der Waals surface area contributed by atoms with Crippen LogP contribution in [0, 0.1) is 0 Å². The highest BCUT2D eigenvalue weighted by Crippen LogP contribution is 2.39. The normalized spacial score (nSPS) is 19.1. The second-order valence-corrected chi connectivity index (χ2v) is 8.77. The molecule has 2 aromatic rings. The first-order valence-corrected chi connectivity index (χ1v) is 10.1. The first kappa shape index (κ1) is 19.5. The summed E-state index contributed by atoms with van der Waals surface area (Å²) >= 11 is 12.6. The largest absolute Gasteiger partial charge is 0.457 e. The zero-order chi connectivity index (χ0) is 19.9. The van der Waals surface area contributed by atoms with Gasteiger partial charge in [0.2, 0.25) is 0 Å². The highest BCUT2D eigenvalue weighted by atomic mass is 35.5. The number of rotatable bonds is 5. The van der Waals surface area contributed by atoms with Gasteiger partial charge in [-0.05, 0) is 30.7 Å². The fourth-order valence-corrected chi connectivity index (χ4v) is 4.73. The molecule has 0 amide bonds. The highest BCUT2D eigenvalue weighted by Gasteiger charge is 2.41. The van der Waals surface area contributed by atoms with Crippen LogP contribution in [-0.2, 0) is 16.1 Å². The molecule has 0 unspecified atom stereocenters. The van der Waals surface area contributed by atoms with Gasteiger partial charge in [-0.15, -0.1) is 0 Å². The van der Waals surface area contributed by atoms with Crippen LogP contribution in [0.25, 0.3) is 0 Å². The number of benzene rings is 1. The predicted molar refractivity (Wildman–Crippen MR) is 111 cm³/mol. The molecule has 0 aliphatic carbocycles. The lowest BCUT2D eigenvalue weighted by Gasteiger charge is -2.46. The predicted octanol–water partition coefficient (Wildman–Crippen LogP) is 4.13. The van der Waals surface area contributed by atoms with Crippen LogP contribution in [0.2, 0.25) is 10.0 Å². The van der Waals surface area contributed by atoms with Gasteiger partial charge >= 0.3 is 5.97 Å². The van der Waals surface area contributed by atoms with Crippen molar-refractivity contribution in [3.63, 3.8) is 0 Å². The summed E-state index contributed by atoms with van der Waals surface area (Å²) in [5.41, 5.74) is 2.82. The van der Waals surface area contributed by atoms with E-state index in [1.54, 1.807) is 0 Å². The van der Waals surface area contributed by atoms with Crippen molar-refractivity contribution in [1.29, 1.82) is 0 Å². The van der Waals surface area contributed by atoms with E-state index in [1.165, 1.54) is 12.5 Å². The van der Waals surface area contributed by atoms with E-state index in [2.05, 4.69) is 26.9 Å². The maximum Gasteiger partial charge on any atom is 0.303 e. The van der Waals surface area contributed by atoms with E-state index in [-0.39, 0.29) is 11.6 Å². The summed E-state index contributed by atoms with van der Waals surface area (Å²) in [5.74, 6) is 0.165. The molecule has 2 fully saturated rings. The van der Waals surface area contributed by atoms with Crippen LogP contribution in [0.4, 0.5) is 5.69 Å². The molecule has 0 spiro atoms. The Kier molecular flexibility index (Phi) is 5.25. The molecule has 4 rings (SSSR count). The van der Waals surface area contributed by atoms with Crippen LogP contribution < -0.4 is 4.90 Å². The molecular weight excluding hydrogens is 397 g/mol. The average Bonchev–Trinajstić information content (AvgIpc) is 2.55. The monoisotopic (exact) mass is 419 g/mol. The maximum atomic E-state index is 11.1. The minimum atomic E-state index is -0.353. The van der Waals surface area contributed by atoms with Gasteiger partial charge < -0.3 is 9.64 Å². The molecule has 7 heteroatoms. The number of halogens is 2. The van der Waals surface area contributed by atoms with Gasteiger partial charge in [-0.2, -0.15) is 0 Å². The number of para-hydroxylation sites is 1. The second-order valence-electron chi connectivity index (χ2n) is 7.95. The quantitative estimate of drug-likeness (QED) is 0.681. The SMILES string of the molecule is CC(=O)OC1(C)CN(Cc2ccc(C3CN(c4c(Cl)cccc4Cl)C3)nc2)C1. The summed E-state index contributed by atoms with van der Waals surface area (Å²) in [6, 6.07) is 9.83. The van der Waals surface area contributed by atoms with Gasteiger partial charge in [0, 0.05) is 57.5 Å². The van der Waals surface area contributed by atoms with Crippen LogP contribution in [0.15, 0.2) is 36.5 Å². The van der Waals surface area contributed by atoms with E-state index >= 15 is 0 Å². The lowest BCUT2D eigenvalue weighted by atomic mass is 9.94. The van der Waals surface area contributed by atoms with Gasteiger partial charge in [0.05, 0.1) is 15.7 Å². The number of nitrogens with zero attached hydrogens (tertiary/aromatic N) is 3. The summed E-state index contributed by atoms with van der Waals surface area (Å²) in [6.45, 7) is 7.48. The van der Waals surface area contributed by atoms with Crippen LogP contribution in [-0.4, -0.2) is 47.6 Å². The van der Waals surface area contributed by atoms with E-state index in [9.17, 15) is 4.79 Å². The number of aromatic nitrogens is 1. The summed E-state index contributed by atoms with van der Waals surface area (Å²) in [5, 5.41) is 1.37. The maximum absolute atomic E-state index is 11.1. The van der Waals surface area contributed by atoms with Crippen molar-refractivity contribution in [2.75, 3.05) is 31.1 Å². The van der Waals surface area contributed by atoms with Crippen molar-refractivity contribution in [3.8, 4) is 0 Å². The molecule has 5 nitrogen and oxygen atoms in total. The van der Waals surface area contributed by atoms with Gasteiger partial charge in [0.15, 0.2) is 0 Å². The minimum absolute atomic E-state index is 0.221. The number of carbonyl (C=O) groups is 1. The average molecular weight is 420 g/mol. The second kappa shape index (κ2) is 7.54. The standard InChI is InChI=1S/C21H23Cl2N3O2/c1-14(27)28-21(2)12-25(13-21)9-15-6-7-19(24-8-15)16-10-26(11-16)20-17(22)4-3-5-18(20)23/h3-8,16H,9-13H2,1-2H3. The van der Waals surface area contributed by atoms with Gasteiger partial charge in [0.1, 0.15) is 5.60 Å². The number of hydrogen-bond acceptors (Lipinski definition) is 5. The number of hydrogen-bond donors (Lipinski definition) is 0. The van der Waals surface area contributed by atoms with Gasteiger partial charge in [-0.1, -0.05) is 35.3 Å². The fourth-order valence-electron chi connectivity index (χ4n) is 4.09. The van der Waals surface area contributed by atoms with Crippen molar-refractivity contribution < 1.29 is 9.53 Å². The summed E-state index contributed by atoms with van der Waals surface area (Å²) in [6.07, 6.45) is 1.95. The third-order valence-corrected chi connectivity index (χ3v) is 5.92. The molecule has 1 aromatic heterocycles. The van der Waals surface area contributed by atoms with E-state index < -0.39 is 0 Å². The molecule has 2 aliphatic rings. The van der Waals surface area contributed by atoms with Crippen LogP contribution in [0.3, 0.4) is 0 Å². The summed E-state index contributed by atoms with van der Waals surface area (Å²) < 4.78 is 5.36. The Balaban J connectivity index is 1.30. The summed E-state index contributed by atoms with van der Waals surface area (Å²) in [4.78, 5) is 20.2. The Morgan fingerprint density at radius 2 is 1.89 bits per heavy atom. The number of anilines is 1. The molecule has 3 heterocycles. The smallest absolute Gasteiger partial charge is 0.303 e. The van der Waals surface area contributed by atoms with Gasteiger partial charge in [-0.3, -0.25) is 14.7 Å². The molecule has 28 heavy (non-hydrogen) atoms. The third-order valence-electron chi connectivity index (χ3n) is 5.31. The minimum Gasteiger partial charge on any atom is -0.457 e. The molecule has 2 aliphatic heterocycles. The Bertz CT molecular complexity index is 855. The van der Waals surface area contributed by atoms with Crippen LogP contribution in [0.5, 0.6) is 0 Å². The van der Waals surface area contributed by atoms with Crippen LogP contribution in [0.1, 0.15) is 31.0 Å². The Morgan fingerprint density at radius 3 is 2.46 bits per heavy atom. The number of ether oxygens (including phenoxy) is 1. The van der Waals surface area contributed by atoms with Crippen molar-refractivity contribution in [2.45, 2.75) is 31.9 Å². The number of likely N-dealkylation sites (tertiary alicyclic amines) is 1. The number of pyridine rings is 1. The fraction of sp³-hybridized carbons (Fsp3) is 0.429. The number of carbonyl (C=O) groups excluding carboxylic acids is 1. The van der Waals surface area contributed by atoms with E-state index in [1.807, 2.05) is 31.3 Å². The zero-order valence-electron chi connectivity index (χ0n) is 16.0. The van der Waals surface area contributed by atoms with Crippen molar-refractivity contribution in [3.05, 3.63) is 57.8 Å². The van der Waals surface area contributed by atoms with Crippen molar-refractivity contribution in [1.82, 2.24) is 9.88 Å². The number of esters is 1. The molecule has 0 bridgehead atoms. The van der Waals surface area contributed by atoms with Gasteiger partial charge in [-0.25, -0.2) is 0 Å². The first-order chi connectivity index (χ1) is 13.3. The topological polar surface area (TPSA) is 45.7 Å².